The highest BCUT2D eigenvalue weighted by atomic mass is 16.3. The van der Waals surface area contributed by atoms with Gasteiger partial charge < -0.3 is 20.6 Å². The summed E-state index contributed by atoms with van der Waals surface area (Å²) in [6, 6.07) is 14.5. The molecule has 0 aliphatic carbocycles. The molecule has 25 heavy (non-hydrogen) atoms. The van der Waals surface area contributed by atoms with Crippen LogP contribution in [0.5, 0.6) is 0 Å². The van der Waals surface area contributed by atoms with Gasteiger partial charge in [0.05, 0.1) is 6.10 Å². The normalized spacial score (nSPS) is 11.5. The Morgan fingerprint density at radius 3 is 2.36 bits per heavy atom. The molecule has 132 valence electrons. The lowest BCUT2D eigenvalue weighted by Crippen LogP contribution is -2.37. The number of aryl methyl sites for hydroxylation is 1. The summed E-state index contributed by atoms with van der Waals surface area (Å²) in [5.74, 6) is -1.55. The van der Waals surface area contributed by atoms with E-state index >= 15 is 0 Å². The Balaban J connectivity index is 1.86. The van der Waals surface area contributed by atoms with Gasteiger partial charge in [0.1, 0.15) is 0 Å². The maximum Gasteiger partial charge on any atom is 0.313 e. The van der Waals surface area contributed by atoms with Gasteiger partial charge in [-0.2, -0.15) is 0 Å². The molecule has 1 unspecified atom stereocenters. The first kappa shape index (κ1) is 18.5. The van der Waals surface area contributed by atoms with Crippen LogP contribution in [0.3, 0.4) is 0 Å². The molecule has 0 bridgehead atoms. The van der Waals surface area contributed by atoms with Crippen LogP contribution in [0, 0.1) is 6.92 Å². The van der Waals surface area contributed by atoms with Crippen molar-refractivity contribution < 1.29 is 14.7 Å². The second-order valence-electron chi connectivity index (χ2n) is 6.04. The first-order valence-corrected chi connectivity index (χ1v) is 7.98. The molecular formula is C19H23N3O3. The number of carbonyl (C=O) groups excluding carboxylic acids is 2. The summed E-state index contributed by atoms with van der Waals surface area (Å²) in [6.45, 7) is 1.86. The summed E-state index contributed by atoms with van der Waals surface area (Å²) >= 11 is 0. The first-order valence-electron chi connectivity index (χ1n) is 7.98. The Morgan fingerprint density at radius 1 is 1.08 bits per heavy atom. The van der Waals surface area contributed by atoms with Crippen molar-refractivity contribution in [3.05, 3.63) is 59.7 Å². The summed E-state index contributed by atoms with van der Waals surface area (Å²) in [5, 5.41) is 15.1. The van der Waals surface area contributed by atoms with Gasteiger partial charge in [-0.1, -0.05) is 24.3 Å². The molecule has 0 saturated carbocycles. The van der Waals surface area contributed by atoms with E-state index in [0.717, 1.165) is 11.3 Å². The third-order valence-corrected chi connectivity index (χ3v) is 3.73. The zero-order chi connectivity index (χ0) is 18.4. The van der Waals surface area contributed by atoms with Crippen molar-refractivity contribution in [2.75, 3.05) is 30.9 Å². The fourth-order valence-electron chi connectivity index (χ4n) is 2.29. The van der Waals surface area contributed by atoms with E-state index in [1.165, 1.54) is 0 Å². The first-order chi connectivity index (χ1) is 11.9. The zero-order valence-corrected chi connectivity index (χ0v) is 14.6. The minimum Gasteiger partial charge on any atom is -0.387 e. The van der Waals surface area contributed by atoms with Crippen molar-refractivity contribution in [1.29, 1.82) is 0 Å². The van der Waals surface area contributed by atoms with Crippen molar-refractivity contribution in [1.82, 2.24) is 5.32 Å². The molecule has 3 N–H and O–H groups in total. The van der Waals surface area contributed by atoms with Gasteiger partial charge in [0.25, 0.3) is 0 Å². The van der Waals surface area contributed by atoms with Gasteiger partial charge in [-0.15, -0.1) is 0 Å². The second-order valence-corrected chi connectivity index (χ2v) is 6.04. The van der Waals surface area contributed by atoms with Crippen molar-refractivity contribution in [3.8, 4) is 0 Å². The van der Waals surface area contributed by atoms with Crippen LogP contribution in [0.25, 0.3) is 0 Å². The molecule has 0 saturated heterocycles. The van der Waals surface area contributed by atoms with E-state index in [1.807, 2.05) is 44.1 Å². The molecule has 1 atom stereocenters. The van der Waals surface area contributed by atoms with Crippen molar-refractivity contribution >= 4 is 23.2 Å². The molecule has 0 aromatic heterocycles. The van der Waals surface area contributed by atoms with Gasteiger partial charge >= 0.3 is 11.8 Å². The molecule has 0 aliphatic heterocycles. The largest absolute Gasteiger partial charge is 0.387 e. The van der Waals surface area contributed by atoms with Crippen LogP contribution in [-0.4, -0.2) is 37.6 Å². The second kappa shape index (κ2) is 8.30. The zero-order valence-electron chi connectivity index (χ0n) is 14.6. The third-order valence-electron chi connectivity index (χ3n) is 3.73. The maximum atomic E-state index is 11.9. The van der Waals surface area contributed by atoms with Crippen LogP contribution in [0.4, 0.5) is 11.4 Å². The molecule has 0 aliphatic rings. The SMILES string of the molecule is Cc1cccc(NC(=O)C(=O)NCC(O)c2ccc(N(C)C)cc2)c1. The molecule has 6 heteroatoms. The summed E-state index contributed by atoms with van der Waals surface area (Å²) in [4.78, 5) is 25.7. The molecule has 2 aromatic rings. The molecule has 2 rings (SSSR count). The molecule has 0 heterocycles. The summed E-state index contributed by atoms with van der Waals surface area (Å²) < 4.78 is 0. The predicted octanol–water partition coefficient (Wildman–Crippen LogP) is 1.85. The number of nitrogens with zero attached hydrogens (tertiary/aromatic N) is 1. The number of aliphatic hydroxyl groups is 1. The number of nitrogens with one attached hydrogen (secondary N) is 2. The summed E-state index contributed by atoms with van der Waals surface area (Å²) in [7, 11) is 3.86. The van der Waals surface area contributed by atoms with Gasteiger partial charge in [-0.25, -0.2) is 0 Å². The lowest BCUT2D eigenvalue weighted by molar-refractivity contribution is -0.136. The average Bonchev–Trinajstić information content (AvgIpc) is 2.59. The number of aliphatic hydroxyl groups excluding tert-OH is 1. The Labute approximate surface area is 147 Å². The van der Waals surface area contributed by atoms with E-state index in [4.69, 9.17) is 0 Å². The van der Waals surface area contributed by atoms with Crippen LogP contribution in [0.2, 0.25) is 0 Å². The number of rotatable bonds is 5. The van der Waals surface area contributed by atoms with Gasteiger partial charge in [0, 0.05) is 32.0 Å². The van der Waals surface area contributed by atoms with E-state index in [0.29, 0.717) is 11.3 Å². The Hall–Kier alpha value is -2.86. The fourth-order valence-corrected chi connectivity index (χ4v) is 2.29. The van der Waals surface area contributed by atoms with Gasteiger partial charge in [-0.05, 0) is 42.3 Å². The topological polar surface area (TPSA) is 81.7 Å². The monoisotopic (exact) mass is 341 g/mol. The molecule has 0 radical (unpaired) electrons. The molecule has 2 amide bonds. The minimum atomic E-state index is -0.882. The van der Waals surface area contributed by atoms with E-state index in [1.54, 1.807) is 30.3 Å². The highest BCUT2D eigenvalue weighted by Gasteiger charge is 2.16. The van der Waals surface area contributed by atoms with Crippen LogP contribution in [0.15, 0.2) is 48.5 Å². The van der Waals surface area contributed by atoms with Crippen molar-refractivity contribution in [2.24, 2.45) is 0 Å². The van der Waals surface area contributed by atoms with E-state index in [-0.39, 0.29) is 6.54 Å². The third kappa shape index (κ3) is 5.32. The smallest absolute Gasteiger partial charge is 0.313 e. The van der Waals surface area contributed by atoms with E-state index < -0.39 is 17.9 Å². The Bertz CT molecular complexity index is 742. The number of carbonyl (C=O) groups is 2. The maximum absolute atomic E-state index is 11.9. The summed E-state index contributed by atoms with van der Waals surface area (Å²) in [5.41, 5.74) is 3.22. The van der Waals surface area contributed by atoms with Gasteiger partial charge in [0.2, 0.25) is 0 Å². The Kier molecular flexibility index (Phi) is 6.14. The van der Waals surface area contributed by atoms with Crippen molar-refractivity contribution in [2.45, 2.75) is 13.0 Å². The van der Waals surface area contributed by atoms with Crippen LogP contribution in [0.1, 0.15) is 17.2 Å². The highest BCUT2D eigenvalue weighted by molar-refractivity contribution is 6.39. The fraction of sp³-hybridized carbons (Fsp3) is 0.263. The minimum absolute atomic E-state index is 0.0403. The lowest BCUT2D eigenvalue weighted by Gasteiger charge is -2.15. The summed E-state index contributed by atoms with van der Waals surface area (Å²) in [6.07, 6.45) is -0.882. The number of amides is 2. The van der Waals surface area contributed by atoms with Crippen LogP contribution >= 0.6 is 0 Å². The lowest BCUT2D eigenvalue weighted by atomic mass is 10.1. The van der Waals surface area contributed by atoms with Crippen LogP contribution < -0.4 is 15.5 Å². The van der Waals surface area contributed by atoms with E-state index in [9.17, 15) is 14.7 Å². The molecule has 0 fully saturated rings. The quantitative estimate of drug-likeness (QED) is 0.725. The highest BCUT2D eigenvalue weighted by Crippen LogP contribution is 2.17. The van der Waals surface area contributed by atoms with Gasteiger partial charge in [-0.3, -0.25) is 9.59 Å². The molecule has 2 aromatic carbocycles. The van der Waals surface area contributed by atoms with Gasteiger partial charge in [0.15, 0.2) is 0 Å². The number of anilines is 2. The Morgan fingerprint density at radius 2 is 1.76 bits per heavy atom. The number of benzene rings is 2. The predicted molar refractivity (Wildman–Crippen MR) is 98.5 cm³/mol. The number of hydrogen-bond acceptors (Lipinski definition) is 4. The molecular weight excluding hydrogens is 318 g/mol. The molecule has 0 spiro atoms. The van der Waals surface area contributed by atoms with E-state index in [2.05, 4.69) is 10.6 Å². The number of hydrogen-bond donors (Lipinski definition) is 3. The standard InChI is InChI=1S/C19H23N3O3/c1-13-5-4-6-15(11-13)21-19(25)18(24)20-12-17(23)14-7-9-16(10-8-14)22(2)3/h4-11,17,23H,12H2,1-3H3,(H,20,24)(H,21,25). The molecule has 6 nitrogen and oxygen atoms in total. The average molecular weight is 341 g/mol. The van der Waals surface area contributed by atoms with Crippen LogP contribution in [-0.2, 0) is 9.59 Å². The van der Waals surface area contributed by atoms with Crippen molar-refractivity contribution in [3.63, 3.8) is 0 Å².